The first kappa shape index (κ1) is 12.3. The maximum absolute atomic E-state index is 11.3. The van der Waals surface area contributed by atoms with E-state index in [9.17, 15) is 4.79 Å². The molecule has 1 aliphatic carbocycles. The van der Waals surface area contributed by atoms with Gasteiger partial charge in [0.2, 0.25) is 0 Å². The van der Waals surface area contributed by atoms with Gasteiger partial charge in [-0.15, -0.1) is 10.2 Å². The summed E-state index contributed by atoms with van der Waals surface area (Å²) in [6, 6.07) is 5.42. The average Bonchev–Trinajstić information content (AvgIpc) is 2.85. The van der Waals surface area contributed by atoms with E-state index in [0.29, 0.717) is 11.5 Å². The summed E-state index contributed by atoms with van der Waals surface area (Å²) >= 11 is 0. The molecule has 0 spiro atoms. The van der Waals surface area contributed by atoms with Gasteiger partial charge >= 0.3 is 0 Å². The molecule has 20 heavy (non-hydrogen) atoms. The van der Waals surface area contributed by atoms with Crippen LogP contribution in [0.3, 0.4) is 0 Å². The summed E-state index contributed by atoms with van der Waals surface area (Å²) in [6.45, 7) is 0. The molecule has 7 nitrogen and oxygen atoms in total. The number of carbonyl (C=O) groups excluding carboxylic acids is 1. The first-order valence-corrected chi connectivity index (χ1v) is 6.32. The first-order valence-electron chi connectivity index (χ1n) is 6.32. The minimum absolute atomic E-state index is 0.0431. The van der Waals surface area contributed by atoms with Gasteiger partial charge in [-0.25, -0.2) is 4.98 Å². The summed E-state index contributed by atoms with van der Waals surface area (Å²) in [5, 5.41) is 10.4. The minimum Gasteiger partial charge on any atom is -0.382 e. The summed E-state index contributed by atoms with van der Waals surface area (Å²) in [5.41, 5.74) is 13.7. The van der Waals surface area contributed by atoms with Crippen molar-refractivity contribution in [1.82, 2.24) is 15.2 Å². The van der Waals surface area contributed by atoms with E-state index in [1.165, 1.54) is 11.6 Å². The quantitative estimate of drug-likeness (QED) is 0.758. The molecule has 2 heterocycles. The molecule has 102 valence electrons. The second-order valence-electron chi connectivity index (χ2n) is 4.68. The molecule has 5 N–H and O–H groups in total. The summed E-state index contributed by atoms with van der Waals surface area (Å²) in [7, 11) is 0. The third kappa shape index (κ3) is 2.25. The zero-order valence-corrected chi connectivity index (χ0v) is 10.8. The number of carbonyl (C=O) groups is 1. The summed E-state index contributed by atoms with van der Waals surface area (Å²) in [4.78, 5) is 15.9. The SMILES string of the molecule is NC(=O)c1nnc(N)cc1Nc1ccc2c(n1)CCC2. The molecule has 3 rings (SSSR count). The number of primary amides is 1. The number of nitrogens with zero attached hydrogens (tertiary/aromatic N) is 3. The van der Waals surface area contributed by atoms with Crippen molar-refractivity contribution in [2.24, 2.45) is 5.73 Å². The fraction of sp³-hybridized carbons (Fsp3) is 0.231. The maximum Gasteiger partial charge on any atom is 0.271 e. The van der Waals surface area contributed by atoms with E-state index < -0.39 is 5.91 Å². The molecule has 7 heteroatoms. The Morgan fingerprint density at radius 1 is 1.25 bits per heavy atom. The molecule has 0 saturated carbocycles. The molecular weight excluding hydrogens is 256 g/mol. The Labute approximate surface area is 115 Å². The smallest absolute Gasteiger partial charge is 0.271 e. The Bertz CT molecular complexity index is 685. The highest BCUT2D eigenvalue weighted by atomic mass is 16.1. The molecule has 0 fully saturated rings. The fourth-order valence-electron chi connectivity index (χ4n) is 2.31. The predicted octanol–water partition coefficient (Wildman–Crippen LogP) is 0.785. The van der Waals surface area contributed by atoms with E-state index in [1.54, 1.807) is 0 Å². The minimum atomic E-state index is -0.666. The van der Waals surface area contributed by atoms with Crippen LogP contribution >= 0.6 is 0 Å². The Morgan fingerprint density at radius 2 is 2.10 bits per heavy atom. The van der Waals surface area contributed by atoms with Crippen LogP contribution in [0.15, 0.2) is 18.2 Å². The molecule has 2 aromatic heterocycles. The fourth-order valence-corrected chi connectivity index (χ4v) is 2.31. The van der Waals surface area contributed by atoms with E-state index in [2.05, 4.69) is 20.5 Å². The van der Waals surface area contributed by atoms with Crippen LogP contribution < -0.4 is 16.8 Å². The van der Waals surface area contributed by atoms with Gasteiger partial charge in [-0.2, -0.15) is 0 Å². The number of nitrogens with one attached hydrogen (secondary N) is 1. The zero-order valence-electron chi connectivity index (χ0n) is 10.8. The number of nitrogen functional groups attached to an aromatic ring is 1. The van der Waals surface area contributed by atoms with Crippen molar-refractivity contribution in [3.8, 4) is 0 Å². The number of pyridine rings is 1. The van der Waals surface area contributed by atoms with Crippen LogP contribution in [0.25, 0.3) is 0 Å². The Hall–Kier alpha value is -2.70. The van der Waals surface area contributed by atoms with Gasteiger partial charge in [-0.05, 0) is 30.9 Å². The molecule has 0 radical (unpaired) electrons. The van der Waals surface area contributed by atoms with Crippen LogP contribution in [-0.2, 0) is 12.8 Å². The van der Waals surface area contributed by atoms with Crippen molar-refractivity contribution in [2.45, 2.75) is 19.3 Å². The lowest BCUT2D eigenvalue weighted by atomic mass is 10.2. The molecule has 1 amide bonds. The van der Waals surface area contributed by atoms with Crippen LogP contribution in [0, 0.1) is 0 Å². The number of fused-ring (bicyclic) bond motifs is 1. The van der Waals surface area contributed by atoms with E-state index in [0.717, 1.165) is 25.0 Å². The number of aryl methyl sites for hydroxylation is 2. The first-order chi connectivity index (χ1) is 9.63. The highest BCUT2D eigenvalue weighted by Crippen LogP contribution is 2.24. The van der Waals surface area contributed by atoms with Crippen molar-refractivity contribution >= 4 is 23.2 Å². The number of hydrogen-bond acceptors (Lipinski definition) is 6. The average molecular weight is 270 g/mol. The summed E-state index contributed by atoms with van der Waals surface area (Å²) < 4.78 is 0. The normalized spacial score (nSPS) is 13.0. The Morgan fingerprint density at radius 3 is 2.90 bits per heavy atom. The van der Waals surface area contributed by atoms with Crippen molar-refractivity contribution in [3.63, 3.8) is 0 Å². The Balaban J connectivity index is 1.95. The lowest BCUT2D eigenvalue weighted by Gasteiger charge is -2.10. The van der Waals surface area contributed by atoms with Crippen LogP contribution in [0.4, 0.5) is 17.3 Å². The van der Waals surface area contributed by atoms with Gasteiger partial charge in [0, 0.05) is 11.8 Å². The second kappa shape index (κ2) is 4.76. The van der Waals surface area contributed by atoms with Gasteiger partial charge in [0.25, 0.3) is 5.91 Å². The van der Waals surface area contributed by atoms with E-state index in [1.807, 2.05) is 12.1 Å². The van der Waals surface area contributed by atoms with Crippen LogP contribution in [-0.4, -0.2) is 21.1 Å². The molecule has 0 aliphatic heterocycles. The van der Waals surface area contributed by atoms with E-state index in [4.69, 9.17) is 11.5 Å². The monoisotopic (exact) mass is 270 g/mol. The van der Waals surface area contributed by atoms with E-state index in [-0.39, 0.29) is 11.5 Å². The molecule has 0 unspecified atom stereocenters. The molecule has 0 atom stereocenters. The van der Waals surface area contributed by atoms with Gasteiger partial charge in [0.15, 0.2) is 5.69 Å². The standard InChI is InChI=1S/C13H14N6O/c14-10-6-9(12(13(15)20)19-18-10)17-11-5-4-7-2-1-3-8(7)16-11/h4-6H,1-3H2,(H2,15,20)(H3,14,16,17,18). The number of aromatic nitrogens is 3. The van der Waals surface area contributed by atoms with Gasteiger partial charge < -0.3 is 16.8 Å². The van der Waals surface area contributed by atoms with Gasteiger partial charge in [0.05, 0.1) is 5.69 Å². The van der Waals surface area contributed by atoms with Crippen molar-refractivity contribution < 1.29 is 4.79 Å². The lowest BCUT2D eigenvalue weighted by Crippen LogP contribution is -2.17. The van der Waals surface area contributed by atoms with E-state index >= 15 is 0 Å². The molecule has 0 saturated heterocycles. The number of hydrogen-bond donors (Lipinski definition) is 3. The van der Waals surface area contributed by atoms with Crippen molar-refractivity contribution in [2.75, 3.05) is 11.1 Å². The van der Waals surface area contributed by atoms with Crippen LogP contribution in [0.1, 0.15) is 28.2 Å². The lowest BCUT2D eigenvalue weighted by molar-refractivity contribution is 0.0995. The van der Waals surface area contributed by atoms with Crippen LogP contribution in [0.5, 0.6) is 0 Å². The molecule has 2 aromatic rings. The number of rotatable bonds is 3. The topological polar surface area (TPSA) is 120 Å². The van der Waals surface area contributed by atoms with Crippen molar-refractivity contribution in [1.29, 1.82) is 0 Å². The largest absolute Gasteiger partial charge is 0.382 e. The summed E-state index contributed by atoms with van der Waals surface area (Å²) in [5.74, 6) is 0.181. The second-order valence-corrected chi connectivity index (χ2v) is 4.68. The van der Waals surface area contributed by atoms with Gasteiger partial charge in [0.1, 0.15) is 11.6 Å². The third-order valence-electron chi connectivity index (χ3n) is 3.24. The number of amides is 1. The highest BCUT2D eigenvalue weighted by Gasteiger charge is 2.15. The third-order valence-corrected chi connectivity index (χ3v) is 3.24. The summed E-state index contributed by atoms with van der Waals surface area (Å²) in [6.07, 6.45) is 3.17. The predicted molar refractivity (Wildman–Crippen MR) is 74.5 cm³/mol. The highest BCUT2D eigenvalue weighted by molar-refractivity contribution is 5.97. The molecule has 0 bridgehead atoms. The zero-order chi connectivity index (χ0) is 14.1. The number of nitrogens with two attached hydrogens (primary N) is 2. The molecular formula is C13H14N6O. The maximum atomic E-state index is 11.3. The molecule has 0 aromatic carbocycles. The molecule has 1 aliphatic rings. The van der Waals surface area contributed by atoms with Gasteiger partial charge in [-0.3, -0.25) is 4.79 Å². The Kier molecular flexibility index (Phi) is 2.94. The van der Waals surface area contributed by atoms with Gasteiger partial charge in [-0.1, -0.05) is 6.07 Å². The van der Waals surface area contributed by atoms with Crippen LogP contribution in [0.2, 0.25) is 0 Å². The van der Waals surface area contributed by atoms with Crippen molar-refractivity contribution in [3.05, 3.63) is 35.2 Å². The number of anilines is 3.